The van der Waals surface area contributed by atoms with Gasteiger partial charge in [-0.25, -0.2) is 5.43 Å². The van der Waals surface area contributed by atoms with E-state index in [9.17, 15) is 24.8 Å². The molecule has 0 fully saturated rings. The van der Waals surface area contributed by atoms with E-state index in [1.165, 1.54) is 12.3 Å². The molecule has 0 heterocycles. The van der Waals surface area contributed by atoms with E-state index in [2.05, 4.69) is 31.8 Å². The smallest absolute Gasteiger partial charge is 0.311 e. The Morgan fingerprint density at radius 1 is 1.27 bits per heavy atom. The van der Waals surface area contributed by atoms with Crippen molar-refractivity contribution in [2.75, 3.05) is 6.54 Å². The molecule has 9 nitrogen and oxygen atoms in total. The normalized spacial score (nSPS) is 10.5. The molecule has 2 rings (SSSR count). The molecule has 0 aliphatic carbocycles. The number of benzene rings is 2. The molecule has 10 heteroatoms. The molecule has 0 unspecified atom stereocenters. The van der Waals surface area contributed by atoms with Gasteiger partial charge in [0.1, 0.15) is 0 Å². The van der Waals surface area contributed by atoms with Crippen molar-refractivity contribution in [2.45, 2.75) is 0 Å². The fourth-order valence-corrected chi connectivity index (χ4v) is 2.35. The van der Waals surface area contributed by atoms with Crippen LogP contribution >= 0.6 is 15.9 Å². The van der Waals surface area contributed by atoms with E-state index in [0.717, 1.165) is 12.1 Å². The van der Waals surface area contributed by atoms with Crippen LogP contribution in [0.1, 0.15) is 15.9 Å². The third-order valence-corrected chi connectivity index (χ3v) is 3.82. The summed E-state index contributed by atoms with van der Waals surface area (Å²) in [6, 6.07) is 10.4. The lowest BCUT2D eigenvalue weighted by Gasteiger charge is -2.05. The highest BCUT2D eigenvalue weighted by Gasteiger charge is 2.13. The fourth-order valence-electron chi connectivity index (χ4n) is 1.89. The molecule has 0 aliphatic rings. The summed E-state index contributed by atoms with van der Waals surface area (Å²) in [5, 5.41) is 26.2. The minimum Gasteiger partial charge on any atom is -0.502 e. The van der Waals surface area contributed by atoms with Crippen molar-refractivity contribution in [2.24, 2.45) is 5.10 Å². The van der Waals surface area contributed by atoms with Gasteiger partial charge < -0.3 is 10.4 Å². The number of nitrogens with zero attached hydrogens (tertiary/aromatic N) is 2. The molecule has 0 spiro atoms. The highest BCUT2D eigenvalue weighted by molar-refractivity contribution is 9.10. The molecule has 26 heavy (non-hydrogen) atoms. The molecule has 3 N–H and O–H groups in total. The number of halogens is 1. The maximum absolute atomic E-state index is 12.0. The van der Waals surface area contributed by atoms with Crippen molar-refractivity contribution in [3.63, 3.8) is 0 Å². The summed E-state index contributed by atoms with van der Waals surface area (Å²) in [5.74, 6) is -1.47. The van der Waals surface area contributed by atoms with Gasteiger partial charge >= 0.3 is 5.69 Å². The van der Waals surface area contributed by atoms with E-state index in [-0.39, 0.29) is 6.54 Å². The standard InChI is InChI=1S/C16H13BrN4O5/c17-12-4-2-1-3-11(12)16(24)18-9-15(23)20-19-8-10-5-6-14(22)13(7-10)21(25)26/h1-8,22H,9H2,(H,18,24)(H,20,23)/b19-8+. The highest BCUT2D eigenvalue weighted by atomic mass is 79.9. The lowest BCUT2D eigenvalue weighted by atomic mass is 10.2. The van der Waals surface area contributed by atoms with Crippen LogP contribution < -0.4 is 10.7 Å². The Morgan fingerprint density at radius 2 is 2.00 bits per heavy atom. The number of amides is 2. The van der Waals surface area contributed by atoms with Crippen LogP contribution in [0.3, 0.4) is 0 Å². The Morgan fingerprint density at radius 3 is 2.69 bits per heavy atom. The molecule has 0 saturated carbocycles. The number of phenols is 1. The predicted octanol–water partition coefficient (Wildman–Crippen LogP) is 1.94. The summed E-state index contributed by atoms with van der Waals surface area (Å²) in [4.78, 5) is 33.6. The predicted molar refractivity (Wildman–Crippen MR) is 97.0 cm³/mol. The van der Waals surface area contributed by atoms with E-state index in [4.69, 9.17) is 0 Å². The zero-order valence-corrected chi connectivity index (χ0v) is 14.8. The van der Waals surface area contributed by atoms with Crippen molar-refractivity contribution < 1.29 is 19.6 Å². The maximum atomic E-state index is 12.0. The van der Waals surface area contributed by atoms with Gasteiger partial charge in [-0.2, -0.15) is 5.10 Å². The van der Waals surface area contributed by atoms with Gasteiger partial charge in [0, 0.05) is 16.1 Å². The lowest BCUT2D eigenvalue weighted by molar-refractivity contribution is -0.385. The number of phenolic OH excluding ortho intramolecular Hbond substituents is 1. The van der Waals surface area contributed by atoms with E-state index >= 15 is 0 Å². The first-order chi connectivity index (χ1) is 12.4. The number of rotatable bonds is 6. The molecule has 0 saturated heterocycles. The largest absolute Gasteiger partial charge is 0.502 e. The van der Waals surface area contributed by atoms with Crippen molar-refractivity contribution in [3.05, 3.63) is 68.2 Å². The summed E-state index contributed by atoms with van der Waals surface area (Å²) < 4.78 is 0.602. The first-order valence-corrected chi connectivity index (χ1v) is 8.00. The van der Waals surface area contributed by atoms with E-state index in [1.54, 1.807) is 24.3 Å². The van der Waals surface area contributed by atoms with E-state index < -0.39 is 28.2 Å². The number of nitrogens with one attached hydrogen (secondary N) is 2. The number of aromatic hydroxyl groups is 1. The number of nitro benzene ring substituents is 1. The average molecular weight is 421 g/mol. The van der Waals surface area contributed by atoms with E-state index in [1.807, 2.05) is 0 Å². The van der Waals surface area contributed by atoms with E-state index in [0.29, 0.717) is 15.6 Å². The molecule has 2 aromatic rings. The number of carbonyl (C=O) groups is 2. The van der Waals surface area contributed by atoms with Crippen LogP contribution in [0.25, 0.3) is 0 Å². The summed E-state index contributed by atoms with van der Waals surface area (Å²) in [7, 11) is 0. The second-order valence-electron chi connectivity index (χ2n) is 4.96. The fraction of sp³-hybridized carbons (Fsp3) is 0.0625. The summed E-state index contributed by atoms with van der Waals surface area (Å²) in [6.45, 7) is -0.298. The molecule has 0 atom stereocenters. The molecule has 0 radical (unpaired) electrons. The quantitative estimate of drug-likeness (QED) is 0.372. The summed E-state index contributed by atoms with van der Waals surface area (Å²) in [6.07, 6.45) is 1.18. The summed E-state index contributed by atoms with van der Waals surface area (Å²) in [5.41, 5.74) is 2.42. The van der Waals surface area contributed by atoms with Gasteiger partial charge in [0.25, 0.3) is 11.8 Å². The Hall–Kier alpha value is -3.27. The molecule has 0 aromatic heterocycles. The Kier molecular flexibility index (Phi) is 6.39. The minimum atomic E-state index is -0.734. The Labute approximate surface area is 156 Å². The Bertz CT molecular complexity index is 885. The molecule has 0 bridgehead atoms. The van der Waals surface area contributed by atoms with Crippen molar-refractivity contribution in [1.82, 2.24) is 10.7 Å². The van der Waals surface area contributed by atoms with Gasteiger partial charge in [0.05, 0.1) is 23.2 Å². The molecule has 2 amide bonds. The van der Waals surface area contributed by atoms with Gasteiger partial charge in [-0.1, -0.05) is 12.1 Å². The number of hydrazone groups is 1. The van der Waals surface area contributed by atoms with Crippen LogP contribution in [0.4, 0.5) is 5.69 Å². The highest BCUT2D eigenvalue weighted by Crippen LogP contribution is 2.25. The maximum Gasteiger partial charge on any atom is 0.311 e. The van der Waals surface area contributed by atoms with Crippen molar-refractivity contribution in [3.8, 4) is 5.75 Å². The zero-order chi connectivity index (χ0) is 19.1. The first-order valence-electron chi connectivity index (χ1n) is 7.20. The lowest BCUT2D eigenvalue weighted by Crippen LogP contribution is -2.35. The van der Waals surface area contributed by atoms with Crippen LogP contribution in [0.2, 0.25) is 0 Å². The van der Waals surface area contributed by atoms with Crippen LogP contribution in [-0.2, 0) is 4.79 Å². The molecule has 2 aromatic carbocycles. The third-order valence-electron chi connectivity index (χ3n) is 3.13. The number of nitro groups is 1. The third kappa shape index (κ3) is 5.11. The topological polar surface area (TPSA) is 134 Å². The Balaban J connectivity index is 1.88. The minimum absolute atomic E-state index is 0.298. The van der Waals surface area contributed by atoms with Crippen molar-refractivity contribution in [1.29, 1.82) is 0 Å². The van der Waals surface area contributed by atoms with Gasteiger partial charge in [-0.15, -0.1) is 0 Å². The van der Waals surface area contributed by atoms with Crippen LogP contribution in [0, 0.1) is 10.1 Å². The second kappa shape index (κ2) is 8.72. The number of hydrogen-bond donors (Lipinski definition) is 3. The number of carbonyl (C=O) groups excluding carboxylic acids is 2. The second-order valence-corrected chi connectivity index (χ2v) is 5.82. The van der Waals surface area contributed by atoms with Crippen LogP contribution in [0.15, 0.2) is 52.0 Å². The van der Waals surface area contributed by atoms with Crippen LogP contribution in [0.5, 0.6) is 5.75 Å². The monoisotopic (exact) mass is 420 g/mol. The zero-order valence-electron chi connectivity index (χ0n) is 13.2. The molecule has 134 valence electrons. The van der Waals surface area contributed by atoms with Gasteiger partial charge in [-0.3, -0.25) is 19.7 Å². The SMILES string of the molecule is O=C(CNC(=O)c1ccccc1Br)N/N=C/c1ccc(O)c([N+](=O)[O-])c1. The summed E-state index contributed by atoms with van der Waals surface area (Å²) >= 11 is 3.24. The average Bonchev–Trinajstić information content (AvgIpc) is 2.61. The van der Waals surface area contributed by atoms with Gasteiger partial charge in [0.15, 0.2) is 5.75 Å². The molecule has 0 aliphatic heterocycles. The van der Waals surface area contributed by atoms with Gasteiger partial charge in [0.2, 0.25) is 0 Å². The van der Waals surface area contributed by atoms with Crippen molar-refractivity contribution >= 4 is 39.6 Å². The first kappa shape index (κ1) is 19.1. The van der Waals surface area contributed by atoms with Crippen LogP contribution in [-0.4, -0.2) is 34.6 Å². The molecular weight excluding hydrogens is 408 g/mol. The number of hydrogen-bond acceptors (Lipinski definition) is 6. The van der Waals surface area contributed by atoms with Gasteiger partial charge in [-0.05, 0) is 40.2 Å². The molecular formula is C16H13BrN4O5.